The van der Waals surface area contributed by atoms with Crippen LogP contribution in [0, 0.1) is 0 Å². The third-order valence-corrected chi connectivity index (χ3v) is 2.35. The van der Waals surface area contributed by atoms with E-state index in [0.717, 1.165) is 0 Å². The minimum Gasteiger partial charge on any atom is -0.493 e. The molecule has 100 valence electrons. The maximum atomic E-state index is 5.65. The zero-order chi connectivity index (χ0) is 13.7. The predicted octanol–water partition coefficient (Wildman–Crippen LogP) is 1.57. The second-order valence-corrected chi connectivity index (χ2v) is 3.48. The Bertz CT molecular complexity index is 540. The summed E-state index contributed by atoms with van der Waals surface area (Å²) in [4.78, 5) is 8.06. The number of aromatic nitrogens is 2. The summed E-state index contributed by atoms with van der Waals surface area (Å²) in [5, 5.41) is 0. The van der Waals surface area contributed by atoms with E-state index in [0.29, 0.717) is 23.1 Å². The second-order valence-electron chi connectivity index (χ2n) is 3.48. The number of nitrogens with zero attached hydrogens (tertiary/aromatic N) is 2. The fourth-order valence-corrected chi connectivity index (χ4v) is 1.49. The molecule has 2 aromatic rings. The van der Waals surface area contributed by atoms with Crippen LogP contribution in [0.3, 0.4) is 0 Å². The molecule has 7 heteroatoms. The maximum Gasteiger partial charge on any atom is 0.240 e. The minimum atomic E-state index is 0.276. The van der Waals surface area contributed by atoms with Crippen LogP contribution in [0.1, 0.15) is 0 Å². The van der Waals surface area contributed by atoms with E-state index in [1.807, 2.05) is 0 Å². The summed E-state index contributed by atoms with van der Waals surface area (Å²) in [6, 6.07) is 5.32. The molecule has 19 heavy (non-hydrogen) atoms. The summed E-state index contributed by atoms with van der Waals surface area (Å²) < 4.78 is 16.1. The molecule has 0 amide bonds. The largest absolute Gasteiger partial charge is 0.493 e. The smallest absolute Gasteiger partial charge is 0.240 e. The minimum absolute atomic E-state index is 0.276. The molecule has 0 radical (unpaired) electrons. The van der Waals surface area contributed by atoms with Gasteiger partial charge < -0.3 is 19.6 Å². The van der Waals surface area contributed by atoms with Crippen LogP contribution >= 0.6 is 0 Å². The van der Waals surface area contributed by atoms with Crippen molar-refractivity contribution in [3.8, 4) is 23.1 Å². The first-order chi connectivity index (χ1) is 9.28. The molecule has 1 aromatic carbocycles. The average Bonchev–Trinajstić information content (AvgIpc) is 2.47. The van der Waals surface area contributed by atoms with Crippen LogP contribution in [0.25, 0.3) is 0 Å². The van der Waals surface area contributed by atoms with Gasteiger partial charge in [0.25, 0.3) is 0 Å². The van der Waals surface area contributed by atoms with Crippen molar-refractivity contribution in [2.45, 2.75) is 0 Å². The van der Waals surface area contributed by atoms with E-state index in [1.165, 1.54) is 12.4 Å². The van der Waals surface area contributed by atoms with Crippen molar-refractivity contribution in [3.05, 3.63) is 30.6 Å². The number of methoxy groups -OCH3 is 2. The highest BCUT2D eigenvalue weighted by Gasteiger charge is 2.13. The predicted molar refractivity (Wildman–Crippen MR) is 69.5 cm³/mol. The van der Waals surface area contributed by atoms with Gasteiger partial charge in [0.05, 0.1) is 26.6 Å². The van der Waals surface area contributed by atoms with Crippen molar-refractivity contribution in [1.29, 1.82) is 0 Å². The van der Waals surface area contributed by atoms with Crippen molar-refractivity contribution in [2.75, 3.05) is 19.6 Å². The lowest BCUT2D eigenvalue weighted by atomic mass is 10.3. The molecule has 0 unspecified atom stereocenters. The molecule has 7 nitrogen and oxygen atoms in total. The zero-order valence-electron chi connectivity index (χ0n) is 10.6. The van der Waals surface area contributed by atoms with E-state index in [9.17, 15) is 0 Å². The van der Waals surface area contributed by atoms with Crippen molar-refractivity contribution in [2.24, 2.45) is 5.84 Å². The number of anilines is 1. The van der Waals surface area contributed by atoms with E-state index in [-0.39, 0.29) is 5.88 Å². The summed E-state index contributed by atoms with van der Waals surface area (Å²) in [7, 11) is 3.09. The standard InChI is InChI=1S/C12H14N4O3/c1-17-8-4-3-5-9(18-2)12(8)19-11-7-14-6-10(15-11)16-13/h3-7H,13H2,1-2H3,(H,15,16). The lowest BCUT2D eigenvalue weighted by Crippen LogP contribution is -2.09. The highest BCUT2D eigenvalue weighted by molar-refractivity contribution is 5.52. The Balaban J connectivity index is 2.36. The lowest BCUT2D eigenvalue weighted by Gasteiger charge is -2.13. The molecule has 0 bridgehead atoms. The van der Waals surface area contributed by atoms with Crippen LogP contribution in [0.2, 0.25) is 0 Å². The van der Waals surface area contributed by atoms with E-state index < -0.39 is 0 Å². The topological polar surface area (TPSA) is 91.5 Å². The summed E-state index contributed by atoms with van der Waals surface area (Å²) >= 11 is 0. The van der Waals surface area contributed by atoms with Crippen LogP contribution < -0.4 is 25.5 Å². The van der Waals surface area contributed by atoms with E-state index in [2.05, 4.69) is 15.4 Å². The van der Waals surface area contributed by atoms with Crippen LogP contribution in [0.5, 0.6) is 23.1 Å². The Morgan fingerprint density at radius 3 is 2.37 bits per heavy atom. The highest BCUT2D eigenvalue weighted by Crippen LogP contribution is 2.39. The normalized spacial score (nSPS) is 9.84. The summed E-state index contributed by atoms with van der Waals surface area (Å²) in [6.45, 7) is 0. The summed E-state index contributed by atoms with van der Waals surface area (Å²) in [5.41, 5.74) is 2.39. The number of hydrogen-bond donors (Lipinski definition) is 2. The first-order valence-electron chi connectivity index (χ1n) is 5.46. The molecule has 0 aliphatic carbocycles. The Morgan fingerprint density at radius 2 is 1.79 bits per heavy atom. The number of nitrogens with one attached hydrogen (secondary N) is 1. The third-order valence-electron chi connectivity index (χ3n) is 2.35. The molecular formula is C12H14N4O3. The highest BCUT2D eigenvalue weighted by atomic mass is 16.5. The van der Waals surface area contributed by atoms with Gasteiger partial charge in [-0.3, -0.25) is 4.98 Å². The van der Waals surface area contributed by atoms with Crippen LogP contribution in [0.15, 0.2) is 30.6 Å². The van der Waals surface area contributed by atoms with E-state index in [1.54, 1.807) is 32.4 Å². The number of hydrazine groups is 1. The summed E-state index contributed by atoms with van der Waals surface area (Å²) in [6.07, 6.45) is 2.94. The van der Waals surface area contributed by atoms with Gasteiger partial charge in [-0.15, -0.1) is 0 Å². The first kappa shape index (κ1) is 12.9. The van der Waals surface area contributed by atoms with Crippen LogP contribution in [0.4, 0.5) is 5.82 Å². The third kappa shape index (κ3) is 2.83. The van der Waals surface area contributed by atoms with Crippen molar-refractivity contribution < 1.29 is 14.2 Å². The second kappa shape index (κ2) is 5.87. The Morgan fingerprint density at radius 1 is 1.11 bits per heavy atom. The van der Waals surface area contributed by atoms with Gasteiger partial charge in [0, 0.05) is 0 Å². The average molecular weight is 262 g/mol. The van der Waals surface area contributed by atoms with Crippen molar-refractivity contribution in [1.82, 2.24) is 9.97 Å². The van der Waals surface area contributed by atoms with Crippen molar-refractivity contribution >= 4 is 5.82 Å². The quantitative estimate of drug-likeness (QED) is 0.624. The van der Waals surface area contributed by atoms with Gasteiger partial charge >= 0.3 is 0 Å². The monoisotopic (exact) mass is 262 g/mol. The Hall–Kier alpha value is -2.54. The fraction of sp³-hybridized carbons (Fsp3) is 0.167. The molecule has 1 heterocycles. The Labute approximate surface area is 110 Å². The molecular weight excluding hydrogens is 248 g/mol. The number of nitrogens with two attached hydrogens (primary N) is 1. The SMILES string of the molecule is COc1cccc(OC)c1Oc1cncc(NN)n1. The van der Waals surface area contributed by atoms with Gasteiger partial charge in [0.1, 0.15) is 0 Å². The summed E-state index contributed by atoms with van der Waals surface area (Å²) in [5.74, 6) is 7.43. The van der Waals surface area contributed by atoms with E-state index >= 15 is 0 Å². The number of hydrogen-bond acceptors (Lipinski definition) is 7. The molecule has 3 N–H and O–H groups in total. The number of nitrogen functional groups attached to an aromatic ring is 1. The first-order valence-corrected chi connectivity index (χ1v) is 5.46. The van der Waals surface area contributed by atoms with Crippen molar-refractivity contribution in [3.63, 3.8) is 0 Å². The molecule has 0 spiro atoms. The number of rotatable bonds is 5. The Kier molecular flexibility index (Phi) is 3.99. The maximum absolute atomic E-state index is 5.65. The van der Waals surface area contributed by atoms with Gasteiger partial charge in [-0.1, -0.05) is 6.07 Å². The van der Waals surface area contributed by atoms with Crippen LogP contribution in [-0.4, -0.2) is 24.2 Å². The van der Waals surface area contributed by atoms with Gasteiger partial charge in [0.2, 0.25) is 11.6 Å². The lowest BCUT2D eigenvalue weighted by molar-refractivity contribution is 0.341. The molecule has 0 aliphatic heterocycles. The van der Waals surface area contributed by atoms with Gasteiger partial charge in [0.15, 0.2) is 17.3 Å². The van der Waals surface area contributed by atoms with Crippen LogP contribution in [-0.2, 0) is 0 Å². The molecule has 0 saturated carbocycles. The molecule has 0 saturated heterocycles. The zero-order valence-corrected chi connectivity index (χ0v) is 10.6. The molecule has 2 rings (SSSR count). The molecule has 0 aliphatic rings. The van der Waals surface area contributed by atoms with Gasteiger partial charge in [-0.2, -0.15) is 4.98 Å². The molecule has 0 atom stereocenters. The number of ether oxygens (including phenoxy) is 3. The molecule has 0 fully saturated rings. The van der Waals surface area contributed by atoms with E-state index in [4.69, 9.17) is 20.1 Å². The van der Waals surface area contributed by atoms with Gasteiger partial charge in [-0.25, -0.2) is 5.84 Å². The fourth-order valence-electron chi connectivity index (χ4n) is 1.49. The number of para-hydroxylation sites is 1. The number of benzene rings is 1. The molecule has 1 aromatic heterocycles. The van der Waals surface area contributed by atoms with Gasteiger partial charge in [-0.05, 0) is 12.1 Å².